The summed E-state index contributed by atoms with van der Waals surface area (Å²) in [6.07, 6.45) is 0.791. The van der Waals surface area contributed by atoms with Crippen LogP contribution in [0.3, 0.4) is 0 Å². The summed E-state index contributed by atoms with van der Waals surface area (Å²) in [6.45, 7) is 2.37. The van der Waals surface area contributed by atoms with Gasteiger partial charge in [-0.15, -0.1) is 11.3 Å². The van der Waals surface area contributed by atoms with Crippen molar-refractivity contribution in [1.82, 2.24) is 4.98 Å². The molecule has 16 heavy (non-hydrogen) atoms. The minimum atomic E-state index is -0.348. The molecule has 0 saturated heterocycles. The van der Waals surface area contributed by atoms with Crippen LogP contribution in [-0.2, 0) is 10.5 Å². The van der Waals surface area contributed by atoms with Crippen LogP contribution >= 0.6 is 23.1 Å². The van der Waals surface area contributed by atoms with Gasteiger partial charge in [0.15, 0.2) is 0 Å². The van der Waals surface area contributed by atoms with Crippen LogP contribution < -0.4 is 0 Å². The highest BCUT2D eigenvalue weighted by molar-refractivity contribution is 7.98. The third kappa shape index (κ3) is 4.51. The van der Waals surface area contributed by atoms with E-state index in [4.69, 9.17) is 9.84 Å². The number of rotatable bonds is 7. The van der Waals surface area contributed by atoms with E-state index in [-0.39, 0.29) is 12.6 Å². The van der Waals surface area contributed by atoms with Gasteiger partial charge < -0.3 is 9.84 Å². The van der Waals surface area contributed by atoms with Crippen molar-refractivity contribution in [2.75, 3.05) is 19.0 Å². The Morgan fingerprint density at radius 2 is 2.50 bits per heavy atom. The Morgan fingerprint density at radius 3 is 3.19 bits per heavy atom. The van der Waals surface area contributed by atoms with Crippen LogP contribution in [0.2, 0.25) is 0 Å². The number of aromatic nitrogens is 1. The second kappa shape index (κ2) is 7.65. The number of thiazole rings is 1. The normalized spacial score (nSPS) is 10.4. The first-order valence-electron chi connectivity index (χ1n) is 5.08. The largest absolute Gasteiger partial charge is 0.461 e. The Hall–Kier alpha value is -0.590. The molecule has 0 unspecified atom stereocenters. The van der Waals surface area contributed by atoms with Crippen molar-refractivity contribution in [1.29, 1.82) is 0 Å². The molecule has 1 heterocycles. The standard InChI is InChI=1S/C10H15NO3S2/c1-2-14-10(13)9-11-8(7-16-9)6-15-5-3-4-12/h7,12H,2-6H2,1H3. The molecule has 0 saturated carbocycles. The van der Waals surface area contributed by atoms with E-state index in [1.807, 2.05) is 5.38 Å². The Morgan fingerprint density at radius 1 is 1.69 bits per heavy atom. The average Bonchev–Trinajstić information content (AvgIpc) is 2.73. The van der Waals surface area contributed by atoms with Crippen molar-refractivity contribution < 1.29 is 14.6 Å². The maximum absolute atomic E-state index is 11.3. The van der Waals surface area contributed by atoms with Gasteiger partial charge in [0.05, 0.1) is 12.3 Å². The molecule has 0 bridgehead atoms. The number of nitrogens with zero attached hydrogens (tertiary/aromatic N) is 1. The van der Waals surface area contributed by atoms with Gasteiger partial charge in [-0.3, -0.25) is 0 Å². The number of hydrogen-bond donors (Lipinski definition) is 1. The summed E-state index contributed by atoms with van der Waals surface area (Å²) in [6, 6.07) is 0. The fourth-order valence-electron chi connectivity index (χ4n) is 1.00. The predicted molar refractivity (Wildman–Crippen MR) is 65.9 cm³/mol. The van der Waals surface area contributed by atoms with Crippen LogP contribution in [0.25, 0.3) is 0 Å². The molecule has 0 spiro atoms. The number of thioether (sulfide) groups is 1. The molecule has 0 atom stereocenters. The number of ether oxygens (including phenoxy) is 1. The van der Waals surface area contributed by atoms with Gasteiger partial charge in [-0.05, 0) is 19.1 Å². The minimum absolute atomic E-state index is 0.220. The molecule has 1 aromatic heterocycles. The van der Waals surface area contributed by atoms with E-state index in [0.717, 1.165) is 23.6 Å². The second-order valence-corrected chi connectivity index (χ2v) is 4.96. The average molecular weight is 261 g/mol. The molecule has 6 heteroatoms. The van der Waals surface area contributed by atoms with Crippen molar-refractivity contribution in [2.24, 2.45) is 0 Å². The van der Waals surface area contributed by atoms with E-state index in [1.165, 1.54) is 11.3 Å². The summed E-state index contributed by atoms with van der Waals surface area (Å²) in [5.74, 6) is 1.33. The van der Waals surface area contributed by atoms with E-state index in [2.05, 4.69) is 4.98 Å². The maximum atomic E-state index is 11.3. The summed E-state index contributed by atoms with van der Waals surface area (Å²) >= 11 is 3.01. The Kier molecular flexibility index (Phi) is 6.44. The van der Waals surface area contributed by atoms with Crippen LogP contribution in [0.1, 0.15) is 28.8 Å². The molecule has 0 aromatic carbocycles. The smallest absolute Gasteiger partial charge is 0.367 e. The highest BCUT2D eigenvalue weighted by atomic mass is 32.2. The fraction of sp³-hybridized carbons (Fsp3) is 0.600. The van der Waals surface area contributed by atoms with Gasteiger partial charge in [0, 0.05) is 17.7 Å². The molecular formula is C10H15NO3S2. The maximum Gasteiger partial charge on any atom is 0.367 e. The Labute approximate surface area is 103 Å². The van der Waals surface area contributed by atoms with Gasteiger partial charge in [-0.2, -0.15) is 11.8 Å². The van der Waals surface area contributed by atoms with Gasteiger partial charge in [-0.25, -0.2) is 9.78 Å². The number of carbonyl (C=O) groups is 1. The van der Waals surface area contributed by atoms with Crippen molar-refractivity contribution in [3.8, 4) is 0 Å². The van der Waals surface area contributed by atoms with Crippen molar-refractivity contribution in [3.05, 3.63) is 16.1 Å². The summed E-state index contributed by atoms with van der Waals surface area (Å²) < 4.78 is 4.85. The summed E-state index contributed by atoms with van der Waals surface area (Å²) in [4.78, 5) is 15.5. The van der Waals surface area contributed by atoms with Crippen molar-refractivity contribution in [2.45, 2.75) is 19.1 Å². The van der Waals surface area contributed by atoms with Crippen molar-refractivity contribution >= 4 is 29.1 Å². The monoisotopic (exact) mass is 261 g/mol. The third-order valence-electron chi connectivity index (χ3n) is 1.70. The molecule has 0 aliphatic carbocycles. The Bertz CT molecular complexity index is 328. The quantitative estimate of drug-likeness (QED) is 0.600. The van der Waals surface area contributed by atoms with E-state index in [9.17, 15) is 4.79 Å². The van der Waals surface area contributed by atoms with E-state index in [0.29, 0.717) is 11.6 Å². The Balaban J connectivity index is 2.36. The lowest BCUT2D eigenvalue weighted by Gasteiger charge is -1.97. The van der Waals surface area contributed by atoms with E-state index >= 15 is 0 Å². The van der Waals surface area contributed by atoms with Gasteiger partial charge in [-0.1, -0.05) is 0 Å². The van der Waals surface area contributed by atoms with Crippen LogP contribution in [0.5, 0.6) is 0 Å². The van der Waals surface area contributed by atoms with Crippen LogP contribution in [0, 0.1) is 0 Å². The lowest BCUT2D eigenvalue weighted by Crippen LogP contribution is -2.04. The summed E-state index contributed by atoms with van der Waals surface area (Å²) in [5.41, 5.74) is 0.899. The molecule has 0 amide bonds. The lowest BCUT2D eigenvalue weighted by molar-refractivity contribution is 0.0525. The molecule has 0 aliphatic heterocycles. The molecule has 0 radical (unpaired) electrons. The number of carbonyl (C=O) groups excluding carboxylic acids is 1. The van der Waals surface area contributed by atoms with Crippen LogP contribution in [0.15, 0.2) is 5.38 Å². The fourth-order valence-corrected chi connectivity index (χ4v) is 2.65. The molecule has 4 nitrogen and oxygen atoms in total. The molecule has 0 aliphatic rings. The van der Waals surface area contributed by atoms with Crippen molar-refractivity contribution in [3.63, 3.8) is 0 Å². The second-order valence-electron chi connectivity index (χ2n) is 2.99. The van der Waals surface area contributed by atoms with Gasteiger partial charge in [0.2, 0.25) is 5.01 Å². The number of aliphatic hydroxyl groups is 1. The number of aliphatic hydroxyl groups excluding tert-OH is 1. The van der Waals surface area contributed by atoms with Crippen LogP contribution in [-0.4, -0.2) is 35.0 Å². The zero-order valence-corrected chi connectivity index (χ0v) is 10.8. The number of esters is 1. The van der Waals surface area contributed by atoms with Gasteiger partial charge in [0.1, 0.15) is 0 Å². The highest BCUT2D eigenvalue weighted by Gasteiger charge is 2.11. The molecule has 0 fully saturated rings. The SMILES string of the molecule is CCOC(=O)c1nc(CSCCCO)cs1. The molecule has 1 rings (SSSR count). The molecule has 1 N–H and O–H groups in total. The number of hydrogen-bond acceptors (Lipinski definition) is 6. The lowest BCUT2D eigenvalue weighted by atomic mass is 10.5. The zero-order valence-electron chi connectivity index (χ0n) is 9.14. The third-order valence-corrected chi connectivity index (χ3v) is 3.65. The first-order valence-corrected chi connectivity index (χ1v) is 7.11. The molecular weight excluding hydrogens is 246 g/mol. The first-order chi connectivity index (χ1) is 7.77. The summed E-state index contributed by atoms with van der Waals surface area (Å²) in [5, 5.41) is 10.9. The molecule has 1 aromatic rings. The first kappa shape index (κ1) is 13.5. The highest BCUT2D eigenvalue weighted by Crippen LogP contribution is 2.17. The van der Waals surface area contributed by atoms with E-state index < -0.39 is 0 Å². The predicted octanol–water partition coefficient (Wildman–Crippen LogP) is 1.94. The minimum Gasteiger partial charge on any atom is -0.461 e. The van der Waals surface area contributed by atoms with Gasteiger partial charge >= 0.3 is 5.97 Å². The zero-order chi connectivity index (χ0) is 11.8. The van der Waals surface area contributed by atoms with E-state index in [1.54, 1.807) is 18.7 Å². The van der Waals surface area contributed by atoms with Crippen LogP contribution in [0.4, 0.5) is 0 Å². The summed E-state index contributed by atoms with van der Waals surface area (Å²) in [7, 11) is 0. The van der Waals surface area contributed by atoms with Gasteiger partial charge in [0.25, 0.3) is 0 Å². The topological polar surface area (TPSA) is 59.4 Å². The molecule has 90 valence electrons.